The van der Waals surface area contributed by atoms with Gasteiger partial charge in [0.2, 0.25) is 0 Å². The zero-order valence-corrected chi connectivity index (χ0v) is 14.1. The van der Waals surface area contributed by atoms with Gasteiger partial charge in [-0.1, -0.05) is 11.6 Å². The van der Waals surface area contributed by atoms with Crippen LogP contribution in [0.2, 0.25) is 5.02 Å². The summed E-state index contributed by atoms with van der Waals surface area (Å²) in [5.74, 6) is 0.277. The average molecular weight is 374 g/mol. The van der Waals surface area contributed by atoms with Crippen LogP contribution in [0.25, 0.3) is 0 Å². The van der Waals surface area contributed by atoms with Crippen molar-refractivity contribution in [3.8, 4) is 11.5 Å². The van der Waals surface area contributed by atoms with Crippen molar-refractivity contribution in [1.29, 1.82) is 0 Å². The van der Waals surface area contributed by atoms with Crippen molar-refractivity contribution in [3.05, 3.63) is 53.1 Å². The van der Waals surface area contributed by atoms with Crippen molar-refractivity contribution >= 4 is 23.2 Å². The van der Waals surface area contributed by atoms with Crippen LogP contribution in [0.4, 0.5) is 18.9 Å². The molecule has 25 heavy (non-hydrogen) atoms. The smallest absolute Gasteiger partial charge is 0.418 e. The lowest BCUT2D eigenvalue weighted by molar-refractivity contribution is -0.137. The van der Waals surface area contributed by atoms with Gasteiger partial charge in [-0.2, -0.15) is 13.2 Å². The van der Waals surface area contributed by atoms with Crippen molar-refractivity contribution in [1.82, 2.24) is 0 Å². The van der Waals surface area contributed by atoms with E-state index in [9.17, 15) is 18.0 Å². The molecule has 1 amide bonds. The summed E-state index contributed by atoms with van der Waals surface area (Å²) in [6.45, 7) is 1.43. The molecule has 0 aliphatic rings. The fourth-order valence-electron chi connectivity index (χ4n) is 2.01. The van der Waals surface area contributed by atoms with Crippen LogP contribution < -0.4 is 14.8 Å². The van der Waals surface area contributed by atoms with E-state index in [-0.39, 0.29) is 10.7 Å². The number of alkyl halides is 3. The molecule has 0 unspecified atom stereocenters. The standard InChI is InChI=1S/C17H15ClF3NO3/c1-10(25-13-6-4-12(24-2)5-7-13)16(23)22-15-8-3-11(18)9-14(15)17(19,20)21/h3-10H,1-2H3,(H,22,23)/t10-/m1/s1. The Hall–Kier alpha value is -2.41. The van der Waals surface area contributed by atoms with Gasteiger partial charge >= 0.3 is 6.18 Å². The van der Waals surface area contributed by atoms with Gasteiger partial charge in [0.15, 0.2) is 6.10 Å². The predicted octanol–water partition coefficient (Wildman–Crippen LogP) is 4.77. The SMILES string of the molecule is COc1ccc(O[C@H](C)C(=O)Nc2ccc(Cl)cc2C(F)(F)F)cc1. The van der Waals surface area contributed by atoms with Gasteiger partial charge in [-0.25, -0.2) is 0 Å². The molecule has 0 aliphatic heterocycles. The number of rotatable bonds is 5. The zero-order chi connectivity index (χ0) is 18.6. The summed E-state index contributed by atoms with van der Waals surface area (Å²) < 4.78 is 49.6. The maximum Gasteiger partial charge on any atom is 0.418 e. The second-order valence-corrected chi connectivity index (χ2v) is 5.55. The third-order valence-electron chi connectivity index (χ3n) is 3.29. The number of amides is 1. The summed E-state index contributed by atoms with van der Waals surface area (Å²) in [6, 6.07) is 9.58. The molecule has 0 fully saturated rings. The van der Waals surface area contributed by atoms with Gasteiger partial charge in [-0.05, 0) is 49.4 Å². The highest BCUT2D eigenvalue weighted by molar-refractivity contribution is 6.30. The normalized spacial score (nSPS) is 12.4. The molecule has 0 aromatic heterocycles. The lowest BCUT2D eigenvalue weighted by atomic mass is 10.1. The molecular formula is C17H15ClF3NO3. The summed E-state index contributed by atoms with van der Waals surface area (Å²) in [6.07, 6.45) is -5.65. The first-order valence-electron chi connectivity index (χ1n) is 7.19. The first-order chi connectivity index (χ1) is 11.7. The third kappa shape index (κ3) is 5.03. The van der Waals surface area contributed by atoms with Crippen LogP contribution in [0.15, 0.2) is 42.5 Å². The molecule has 8 heteroatoms. The highest BCUT2D eigenvalue weighted by atomic mass is 35.5. The molecule has 2 rings (SSSR count). The number of nitrogens with one attached hydrogen (secondary N) is 1. The second-order valence-electron chi connectivity index (χ2n) is 5.11. The number of anilines is 1. The lowest BCUT2D eigenvalue weighted by Gasteiger charge is -2.18. The molecular weight excluding hydrogens is 359 g/mol. The van der Waals surface area contributed by atoms with Gasteiger partial charge in [0, 0.05) is 5.02 Å². The molecule has 134 valence electrons. The van der Waals surface area contributed by atoms with Gasteiger partial charge in [0.1, 0.15) is 11.5 Å². The molecule has 4 nitrogen and oxygen atoms in total. The van der Waals surface area contributed by atoms with Gasteiger partial charge in [-0.15, -0.1) is 0 Å². The van der Waals surface area contributed by atoms with Crippen molar-refractivity contribution in [2.45, 2.75) is 19.2 Å². The largest absolute Gasteiger partial charge is 0.497 e. The Morgan fingerprint density at radius 3 is 2.28 bits per heavy atom. The Morgan fingerprint density at radius 2 is 1.72 bits per heavy atom. The lowest BCUT2D eigenvalue weighted by Crippen LogP contribution is -2.31. The Labute approximate surface area is 147 Å². The van der Waals surface area contributed by atoms with Crippen molar-refractivity contribution in [2.24, 2.45) is 0 Å². The van der Waals surface area contributed by atoms with Crippen LogP contribution >= 0.6 is 11.6 Å². The quantitative estimate of drug-likeness (QED) is 0.821. The first kappa shape index (κ1) is 18.9. The van der Waals surface area contributed by atoms with E-state index in [1.54, 1.807) is 24.3 Å². The molecule has 0 heterocycles. The van der Waals surface area contributed by atoms with E-state index in [2.05, 4.69) is 5.32 Å². The van der Waals surface area contributed by atoms with E-state index in [4.69, 9.17) is 21.1 Å². The van der Waals surface area contributed by atoms with Crippen LogP contribution in [-0.4, -0.2) is 19.1 Å². The molecule has 0 bridgehead atoms. The van der Waals surface area contributed by atoms with Gasteiger partial charge in [0.05, 0.1) is 18.4 Å². The molecule has 0 aliphatic carbocycles. The summed E-state index contributed by atoms with van der Waals surface area (Å²) >= 11 is 5.61. The number of hydrogen-bond acceptors (Lipinski definition) is 3. The number of ether oxygens (including phenoxy) is 2. The first-order valence-corrected chi connectivity index (χ1v) is 7.57. The Bertz CT molecular complexity index is 748. The average Bonchev–Trinajstić information content (AvgIpc) is 2.56. The fourth-order valence-corrected chi connectivity index (χ4v) is 2.18. The minimum absolute atomic E-state index is 0.0761. The number of methoxy groups -OCH3 is 1. The van der Waals surface area contributed by atoms with E-state index in [1.807, 2.05) is 0 Å². The zero-order valence-electron chi connectivity index (χ0n) is 13.4. The predicted molar refractivity (Wildman–Crippen MR) is 88.2 cm³/mol. The molecule has 2 aromatic rings. The van der Waals surface area contributed by atoms with E-state index in [1.165, 1.54) is 20.1 Å². The van der Waals surface area contributed by atoms with Crippen LogP contribution in [0, 0.1) is 0 Å². The molecule has 1 N–H and O–H groups in total. The highest BCUT2D eigenvalue weighted by Gasteiger charge is 2.34. The number of carbonyl (C=O) groups is 1. The van der Waals surface area contributed by atoms with Gasteiger partial charge in [0.25, 0.3) is 5.91 Å². The van der Waals surface area contributed by atoms with Gasteiger partial charge < -0.3 is 14.8 Å². The summed E-state index contributed by atoms with van der Waals surface area (Å²) in [7, 11) is 1.51. The number of hydrogen-bond donors (Lipinski definition) is 1. The summed E-state index contributed by atoms with van der Waals surface area (Å²) in [5, 5.41) is 2.14. The summed E-state index contributed by atoms with van der Waals surface area (Å²) in [5.41, 5.74) is -1.41. The molecule has 0 radical (unpaired) electrons. The number of halogens is 4. The van der Waals surface area contributed by atoms with Crippen molar-refractivity contribution in [3.63, 3.8) is 0 Å². The third-order valence-corrected chi connectivity index (χ3v) is 3.52. The number of benzene rings is 2. The van der Waals surface area contributed by atoms with Crippen LogP contribution in [-0.2, 0) is 11.0 Å². The van der Waals surface area contributed by atoms with E-state index in [0.29, 0.717) is 11.5 Å². The molecule has 0 spiro atoms. The molecule has 2 aromatic carbocycles. The maximum absolute atomic E-state index is 13.0. The monoisotopic (exact) mass is 373 g/mol. The van der Waals surface area contributed by atoms with Crippen LogP contribution in [0.5, 0.6) is 11.5 Å². The molecule has 0 saturated heterocycles. The summed E-state index contributed by atoms with van der Waals surface area (Å²) in [4.78, 5) is 12.1. The van der Waals surface area contributed by atoms with E-state index < -0.39 is 23.8 Å². The van der Waals surface area contributed by atoms with Crippen LogP contribution in [0.1, 0.15) is 12.5 Å². The highest BCUT2D eigenvalue weighted by Crippen LogP contribution is 2.36. The number of carbonyl (C=O) groups excluding carboxylic acids is 1. The molecule has 1 atom stereocenters. The Balaban J connectivity index is 2.10. The van der Waals surface area contributed by atoms with Gasteiger partial charge in [-0.3, -0.25) is 4.79 Å². The van der Waals surface area contributed by atoms with Crippen molar-refractivity contribution in [2.75, 3.05) is 12.4 Å². The topological polar surface area (TPSA) is 47.6 Å². The molecule has 0 saturated carbocycles. The van der Waals surface area contributed by atoms with E-state index in [0.717, 1.165) is 12.1 Å². The fraction of sp³-hybridized carbons (Fsp3) is 0.235. The Kier molecular flexibility index (Phi) is 5.79. The Morgan fingerprint density at radius 1 is 1.12 bits per heavy atom. The van der Waals surface area contributed by atoms with Crippen LogP contribution in [0.3, 0.4) is 0 Å². The second kappa shape index (κ2) is 7.65. The van der Waals surface area contributed by atoms with E-state index >= 15 is 0 Å². The van der Waals surface area contributed by atoms with Crippen molar-refractivity contribution < 1.29 is 27.4 Å². The maximum atomic E-state index is 13.0. The minimum Gasteiger partial charge on any atom is -0.497 e. The minimum atomic E-state index is -4.65.